The van der Waals surface area contributed by atoms with Crippen molar-refractivity contribution in [2.75, 3.05) is 9.80 Å². The van der Waals surface area contributed by atoms with E-state index in [1.54, 1.807) is 26.0 Å². The number of halogens is 6. The van der Waals surface area contributed by atoms with E-state index in [2.05, 4.69) is 0 Å². The molecular weight excluding hydrogens is 791 g/mol. The molecule has 0 aliphatic carbocycles. The monoisotopic (exact) mass is 828 g/mol. The highest BCUT2D eigenvalue weighted by molar-refractivity contribution is 6.00. The van der Waals surface area contributed by atoms with Crippen molar-refractivity contribution in [3.63, 3.8) is 0 Å². The smallest absolute Gasteiger partial charge is 0.310 e. The quantitative estimate of drug-likeness (QED) is 0.141. The zero-order chi connectivity index (χ0) is 43.2. The molecule has 0 amide bonds. The third-order valence-electron chi connectivity index (χ3n) is 11.1. The first-order valence-electron chi connectivity index (χ1n) is 20.0. The molecule has 0 fully saturated rings. The molecule has 2 nitrogen and oxygen atoms in total. The van der Waals surface area contributed by atoms with Gasteiger partial charge in [-0.1, -0.05) is 121 Å². The van der Waals surface area contributed by atoms with Crippen molar-refractivity contribution in [3.8, 4) is 22.3 Å². The lowest BCUT2D eigenvalue weighted by Crippen LogP contribution is -2.13. The second kappa shape index (κ2) is 15.9. The first-order chi connectivity index (χ1) is 29.8. The minimum absolute atomic E-state index is 0.405. The van der Waals surface area contributed by atoms with Crippen LogP contribution in [0.4, 0.5) is 60.5 Å². The number of aryl methyl sites for hydroxylation is 2. The van der Waals surface area contributed by atoms with Gasteiger partial charge >= 0.3 is 12.4 Å². The maximum Gasteiger partial charge on any atom is 0.416 e. The van der Waals surface area contributed by atoms with Crippen LogP contribution in [0.1, 0.15) is 22.3 Å². The van der Waals surface area contributed by atoms with Gasteiger partial charge in [-0.05, 0) is 131 Å². The van der Waals surface area contributed by atoms with E-state index in [0.29, 0.717) is 33.9 Å². The third kappa shape index (κ3) is 7.99. The fraction of sp³-hybridized carbons (Fsp3) is 0.0741. The van der Waals surface area contributed by atoms with Gasteiger partial charge in [-0.25, -0.2) is 0 Å². The molecule has 0 aliphatic rings. The van der Waals surface area contributed by atoms with Gasteiger partial charge < -0.3 is 9.80 Å². The van der Waals surface area contributed by atoms with Crippen LogP contribution in [0.5, 0.6) is 0 Å². The molecule has 0 N–H and O–H groups in total. The van der Waals surface area contributed by atoms with Crippen molar-refractivity contribution >= 4 is 55.7 Å². The Morgan fingerprint density at radius 3 is 1.00 bits per heavy atom. The summed E-state index contributed by atoms with van der Waals surface area (Å²) in [5.41, 5.74) is 7.07. The van der Waals surface area contributed by atoms with E-state index in [0.717, 1.165) is 67.3 Å². The molecule has 0 bridgehead atoms. The zero-order valence-electron chi connectivity index (χ0n) is 33.6. The van der Waals surface area contributed by atoms with Gasteiger partial charge in [-0.2, -0.15) is 26.3 Å². The van der Waals surface area contributed by atoms with E-state index >= 15 is 0 Å². The Bertz CT molecular complexity index is 2840. The van der Waals surface area contributed by atoms with Gasteiger partial charge in [0.15, 0.2) is 0 Å². The minimum atomic E-state index is -4.51. The number of rotatable bonds is 8. The van der Waals surface area contributed by atoms with Gasteiger partial charge in [0.2, 0.25) is 0 Å². The summed E-state index contributed by atoms with van der Waals surface area (Å²) < 4.78 is 84.5. The number of hydrogen-bond donors (Lipinski definition) is 0. The zero-order valence-corrected chi connectivity index (χ0v) is 33.6. The van der Waals surface area contributed by atoms with Crippen LogP contribution in [0.15, 0.2) is 194 Å². The van der Waals surface area contributed by atoms with Crippen LogP contribution >= 0.6 is 0 Å². The molecule has 9 aromatic carbocycles. The molecule has 62 heavy (non-hydrogen) atoms. The molecule has 0 aromatic heterocycles. The number of nitrogens with zero attached hydrogens (tertiary/aromatic N) is 2. The summed E-state index contributed by atoms with van der Waals surface area (Å²) in [6.07, 6.45) is -9.01. The van der Waals surface area contributed by atoms with Crippen LogP contribution in [-0.4, -0.2) is 0 Å². The highest BCUT2D eigenvalue weighted by Gasteiger charge is 2.33. The first kappa shape index (κ1) is 40.1. The van der Waals surface area contributed by atoms with Crippen LogP contribution < -0.4 is 9.80 Å². The van der Waals surface area contributed by atoms with E-state index in [1.807, 2.05) is 168 Å². The van der Waals surface area contributed by atoms with Crippen molar-refractivity contribution in [1.82, 2.24) is 0 Å². The largest absolute Gasteiger partial charge is 0.416 e. The van der Waals surface area contributed by atoms with Gasteiger partial charge in [0, 0.05) is 33.5 Å². The number of benzene rings is 9. The van der Waals surface area contributed by atoms with E-state index in [-0.39, 0.29) is 0 Å². The topological polar surface area (TPSA) is 6.48 Å². The number of anilines is 6. The molecule has 0 atom stereocenters. The summed E-state index contributed by atoms with van der Waals surface area (Å²) in [6, 6.07) is 59.1. The molecule has 0 radical (unpaired) electrons. The normalized spacial score (nSPS) is 11.9. The van der Waals surface area contributed by atoms with Crippen LogP contribution in [0.3, 0.4) is 0 Å². The van der Waals surface area contributed by atoms with Crippen molar-refractivity contribution < 1.29 is 26.3 Å². The Kier molecular flexibility index (Phi) is 10.3. The Morgan fingerprint density at radius 2 is 0.645 bits per heavy atom. The molecule has 9 aromatic rings. The average Bonchev–Trinajstić information content (AvgIpc) is 3.26. The summed E-state index contributed by atoms with van der Waals surface area (Å²) in [7, 11) is 0. The Balaban J connectivity index is 1.04. The second-order valence-electron chi connectivity index (χ2n) is 15.4. The molecule has 306 valence electrons. The van der Waals surface area contributed by atoms with Crippen molar-refractivity contribution in [2.45, 2.75) is 26.2 Å². The van der Waals surface area contributed by atoms with Crippen LogP contribution in [0.2, 0.25) is 0 Å². The summed E-state index contributed by atoms with van der Waals surface area (Å²) in [5, 5.41) is 3.76. The first-order valence-corrected chi connectivity index (χ1v) is 20.0. The third-order valence-corrected chi connectivity index (χ3v) is 11.1. The summed E-state index contributed by atoms with van der Waals surface area (Å²) >= 11 is 0. The Morgan fingerprint density at radius 1 is 0.323 bits per heavy atom. The molecule has 8 heteroatoms. The molecule has 0 saturated heterocycles. The lowest BCUT2D eigenvalue weighted by atomic mass is 9.99. The highest BCUT2D eigenvalue weighted by atomic mass is 19.4. The summed E-state index contributed by atoms with van der Waals surface area (Å²) in [5.74, 6) is 0. The second-order valence-corrected chi connectivity index (χ2v) is 15.4. The maximum absolute atomic E-state index is 14.1. The average molecular weight is 829 g/mol. The van der Waals surface area contributed by atoms with Gasteiger partial charge in [0.1, 0.15) is 0 Å². The summed E-state index contributed by atoms with van der Waals surface area (Å²) in [6.45, 7) is 3.34. The molecule has 0 heterocycles. The van der Waals surface area contributed by atoms with Crippen LogP contribution in [-0.2, 0) is 12.4 Å². The van der Waals surface area contributed by atoms with Gasteiger partial charge in [0.25, 0.3) is 0 Å². The molecular formula is C54H38F6N2. The van der Waals surface area contributed by atoms with Crippen LogP contribution in [0.25, 0.3) is 43.8 Å². The van der Waals surface area contributed by atoms with Gasteiger partial charge in [0.05, 0.1) is 22.5 Å². The maximum atomic E-state index is 14.1. The fourth-order valence-corrected chi connectivity index (χ4v) is 8.23. The molecule has 0 aliphatic heterocycles. The molecule has 0 unspecified atom stereocenters. The molecule has 9 rings (SSSR count). The van der Waals surface area contributed by atoms with Crippen LogP contribution in [0, 0.1) is 13.8 Å². The predicted molar refractivity (Wildman–Crippen MR) is 241 cm³/mol. The van der Waals surface area contributed by atoms with Gasteiger partial charge in [-0.15, -0.1) is 0 Å². The fourth-order valence-electron chi connectivity index (χ4n) is 8.23. The van der Waals surface area contributed by atoms with Crippen molar-refractivity contribution in [2.24, 2.45) is 0 Å². The van der Waals surface area contributed by atoms with Crippen molar-refractivity contribution in [1.29, 1.82) is 0 Å². The Labute approximate surface area is 355 Å². The minimum Gasteiger partial charge on any atom is -0.310 e. The van der Waals surface area contributed by atoms with E-state index in [1.165, 1.54) is 12.1 Å². The SMILES string of the molecule is Cc1cc(N(c2ccc(-c3ccc(-c4ccc(N(c5cc(C)cc(C(F)(F)F)c5)c5cccc6ccccc56)cc4)cc3)cc2)c2cccc3ccccc23)cc(C(F)(F)F)c1. The standard InChI is InChI=1S/C54H38F6N2/c1-35-29-43(53(55,56)57)33-47(31-35)61(51-15-7-11-41-9-3-5-13-49(41)51)45-25-21-39(22-26-45)37-17-19-38(20-18-37)40-23-27-46(28-24-40)62(48-32-36(2)30-44(34-48)54(58,59)60)52-16-8-12-42-10-4-6-14-50(42)52/h3-34H,1-2H3. The number of alkyl halides is 6. The Hall–Kier alpha value is -7.32. The van der Waals surface area contributed by atoms with E-state index in [4.69, 9.17) is 0 Å². The molecule has 0 spiro atoms. The number of fused-ring (bicyclic) bond motifs is 2. The van der Waals surface area contributed by atoms with Gasteiger partial charge in [-0.3, -0.25) is 0 Å². The highest BCUT2D eigenvalue weighted by Crippen LogP contribution is 2.44. The lowest BCUT2D eigenvalue weighted by molar-refractivity contribution is -0.138. The predicted octanol–water partition coefficient (Wildman–Crippen LogP) is 16.9. The van der Waals surface area contributed by atoms with E-state index in [9.17, 15) is 26.3 Å². The van der Waals surface area contributed by atoms with E-state index < -0.39 is 23.5 Å². The van der Waals surface area contributed by atoms with Crippen molar-refractivity contribution in [3.05, 3.63) is 216 Å². The lowest BCUT2D eigenvalue weighted by Gasteiger charge is -2.28. The molecule has 0 saturated carbocycles. The summed E-state index contributed by atoms with van der Waals surface area (Å²) in [4.78, 5) is 3.74. The number of hydrogen-bond acceptors (Lipinski definition) is 2.